The molecule has 0 spiro atoms. The first-order valence-corrected chi connectivity index (χ1v) is 6.38. The van der Waals surface area contributed by atoms with E-state index in [2.05, 4.69) is 6.07 Å². The molecule has 0 fully saturated rings. The number of anilines is 1. The van der Waals surface area contributed by atoms with E-state index < -0.39 is 0 Å². The van der Waals surface area contributed by atoms with Crippen molar-refractivity contribution in [2.75, 3.05) is 19.0 Å². The zero-order valence-electron chi connectivity index (χ0n) is 11.9. The number of ketones is 1. The van der Waals surface area contributed by atoms with Gasteiger partial charge in [-0.15, -0.1) is 0 Å². The van der Waals surface area contributed by atoms with Gasteiger partial charge in [0.2, 0.25) is 0 Å². The average Bonchev–Trinajstić information content (AvgIpc) is 2.37. The largest absolute Gasteiger partial charge is 0.378 e. The average molecular weight is 253 g/mol. The van der Waals surface area contributed by atoms with Crippen LogP contribution in [0, 0.1) is 13.8 Å². The van der Waals surface area contributed by atoms with Crippen molar-refractivity contribution in [2.24, 2.45) is 0 Å². The number of rotatable bonds is 3. The van der Waals surface area contributed by atoms with Crippen molar-refractivity contribution in [3.8, 4) is 0 Å². The molecule has 19 heavy (non-hydrogen) atoms. The molecule has 0 bridgehead atoms. The number of nitrogens with zero attached hydrogens (tertiary/aromatic N) is 1. The number of hydrogen-bond donors (Lipinski definition) is 0. The van der Waals surface area contributed by atoms with Gasteiger partial charge < -0.3 is 4.90 Å². The minimum atomic E-state index is 0.0792. The Morgan fingerprint density at radius 3 is 2.11 bits per heavy atom. The van der Waals surface area contributed by atoms with Crippen molar-refractivity contribution in [3.63, 3.8) is 0 Å². The van der Waals surface area contributed by atoms with Gasteiger partial charge in [0.15, 0.2) is 5.78 Å². The molecule has 2 aromatic rings. The summed E-state index contributed by atoms with van der Waals surface area (Å²) >= 11 is 0. The fourth-order valence-corrected chi connectivity index (χ4v) is 2.20. The molecule has 0 aromatic heterocycles. The lowest BCUT2D eigenvalue weighted by molar-refractivity contribution is 0.103. The second-order valence-electron chi connectivity index (χ2n) is 5.15. The smallest absolute Gasteiger partial charge is 0.193 e. The molecule has 0 aliphatic rings. The Morgan fingerprint density at radius 1 is 0.895 bits per heavy atom. The van der Waals surface area contributed by atoms with Gasteiger partial charge in [-0.1, -0.05) is 29.3 Å². The van der Waals surface area contributed by atoms with E-state index in [1.807, 2.05) is 69.2 Å². The third-order valence-electron chi connectivity index (χ3n) is 3.11. The van der Waals surface area contributed by atoms with E-state index in [0.717, 1.165) is 27.9 Å². The number of carbonyl (C=O) groups excluding carboxylic acids is 1. The molecule has 2 nitrogen and oxygen atoms in total. The second-order valence-corrected chi connectivity index (χ2v) is 5.15. The minimum absolute atomic E-state index is 0.0792. The lowest BCUT2D eigenvalue weighted by Crippen LogP contribution is -2.10. The lowest BCUT2D eigenvalue weighted by Gasteiger charge is -2.13. The topological polar surface area (TPSA) is 20.3 Å². The van der Waals surface area contributed by atoms with Crippen LogP contribution < -0.4 is 4.90 Å². The first kappa shape index (κ1) is 13.3. The van der Waals surface area contributed by atoms with Crippen molar-refractivity contribution in [2.45, 2.75) is 13.8 Å². The molecule has 0 aliphatic heterocycles. The van der Waals surface area contributed by atoms with Crippen LogP contribution in [0.1, 0.15) is 27.0 Å². The highest BCUT2D eigenvalue weighted by Crippen LogP contribution is 2.18. The van der Waals surface area contributed by atoms with Gasteiger partial charge in [-0.2, -0.15) is 0 Å². The van der Waals surface area contributed by atoms with Crippen LogP contribution in [0.4, 0.5) is 5.69 Å². The van der Waals surface area contributed by atoms with Gasteiger partial charge in [-0.05, 0) is 38.1 Å². The maximum Gasteiger partial charge on any atom is 0.193 e. The first-order chi connectivity index (χ1) is 8.97. The first-order valence-electron chi connectivity index (χ1n) is 6.38. The lowest BCUT2D eigenvalue weighted by atomic mass is 9.99. The summed E-state index contributed by atoms with van der Waals surface area (Å²) in [6.07, 6.45) is 0. The van der Waals surface area contributed by atoms with Gasteiger partial charge in [-0.25, -0.2) is 0 Å². The van der Waals surface area contributed by atoms with Gasteiger partial charge in [0.25, 0.3) is 0 Å². The van der Waals surface area contributed by atoms with Gasteiger partial charge in [0, 0.05) is 30.9 Å². The highest BCUT2D eigenvalue weighted by atomic mass is 16.1. The van der Waals surface area contributed by atoms with E-state index in [4.69, 9.17) is 0 Å². The van der Waals surface area contributed by atoms with Crippen molar-refractivity contribution >= 4 is 11.5 Å². The summed E-state index contributed by atoms with van der Waals surface area (Å²) < 4.78 is 0. The van der Waals surface area contributed by atoms with E-state index in [-0.39, 0.29) is 5.78 Å². The molecule has 2 rings (SSSR count). The predicted molar refractivity (Wildman–Crippen MR) is 80.1 cm³/mol. The number of benzene rings is 2. The molecule has 0 N–H and O–H groups in total. The predicted octanol–water partition coefficient (Wildman–Crippen LogP) is 3.60. The number of hydrogen-bond acceptors (Lipinski definition) is 2. The molecule has 0 amide bonds. The molecule has 0 saturated carbocycles. The van der Waals surface area contributed by atoms with Crippen LogP contribution in [0.25, 0.3) is 0 Å². The quantitative estimate of drug-likeness (QED) is 0.779. The summed E-state index contributed by atoms with van der Waals surface area (Å²) in [4.78, 5) is 14.5. The Hall–Kier alpha value is -2.09. The maximum absolute atomic E-state index is 12.5. The normalized spacial score (nSPS) is 10.3. The third kappa shape index (κ3) is 3.02. The van der Waals surface area contributed by atoms with Crippen molar-refractivity contribution < 1.29 is 4.79 Å². The molecular formula is C17H19NO. The Morgan fingerprint density at radius 2 is 1.53 bits per heavy atom. The monoisotopic (exact) mass is 253 g/mol. The number of aryl methyl sites for hydroxylation is 2. The second kappa shape index (κ2) is 5.27. The third-order valence-corrected chi connectivity index (χ3v) is 3.11. The van der Waals surface area contributed by atoms with Gasteiger partial charge >= 0.3 is 0 Å². The Labute approximate surface area is 114 Å². The summed E-state index contributed by atoms with van der Waals surface area (Å²) in [6.45, 7) is 4.03. The fourth-order valence-electron chi connectivity index (χ4n) is 2.20. The molecule has 2 heteroatoms. The summed E-state index contributed by atoms with van der Waals surface area (Å²) in [6, 6.07) is 13.7. The van der Waals surface area contributed by atoms with Crippen LogP contribution in [0.3, 0.4) is 0 Å². The van der Waals surface area contributed by atoms with E-state index in [0.29, 0.717) is 0 Å². The van der Waals surface area contributed by atoms with Gasteiger partial charge in [0.1, 0.15) is 0 Å². The Bertz CT molecular complexity index is 594. The minimum Gasteiger partial charge on any atom is -0.378 e. The van der Waals surface area contributed by atoms with Crippen LogP contribution in [0.15, 0.2) is 42.5 Å². The van der Waals surface area contributed by atoms with Crippen LogP contribution in [-0.2, 0) is 0 Å². The maximum atomic E-state index is 12.5. The zero-order valence-corrected chi connectivity index (χ0v) is 11.9. The molecule has 0 radical (unpaired) electrons. The summed E-state index contributed by atoms with van der Waals surface area (Å²) in [5, 5.41) is 0. The fraction of sp³-hybridized carbons (Fsp3) is 0.235. The molecule has 2 aromatic carbocycles. The van der Waals surface area contributed by atoms with Crippen LogP contribution >= 0.6 is 0 Å². The van der Waals surface area contributed by atoms with Crippen LogP contribution in [0.5, 0.6) is 0 Å². The Kier molecular flexibility index (Phi) is 3.70. The molecule has 0 saturated heterocycles. The Balaban J connectivity index is 2.41. The molecule has 0 atom stereocenters. The zero-order chi connectivity index (χ0) is 14.0. The van der Waals surface area contributed by atoms with Gasteiger partial charge in [0.05, 0.1) is 0 Å². The van der Waals surface area contributed by atoms with E-state index in [9.17, 15) is 4.79 Å². The highest BCUT2D eigenvalue weighted by Gasteiger charge is 2.10. The van der Waals surface area contributed by atoms with E-state index >= 15 is 0 Å². The summed E-state index contributed by atoms with van der Waals surface area (Å²) in [7, 11) is 3.95. The standard InChI is InChI=1S/C17H19NO/c1-12-8-13(2)10-15(9-12)17(19)14-6-5-7-16(11-14)18(3)4/h5-11H,1-4H3. The number of carbonyl (C=O) groups is 1. The molecule has 0 unspecified atom stereocenters. The summed E-state index contributed by atoms with van der Waals surface area (Å²) in [5.41, 5.74) is 4.76. The molecule has 98 valence electrons. The SMILES string of the molecule is Cc1cc(C)cc(C(=O)c2cccc(N(C)C)c2)c1. The molecule has 0 aliphatic carbocycles. The van der Waals surface area contributed by atoms with Crippen molar-refractivity contribution in [1.29, 1.82) is 0 Å². The van der Waals surface area contributed by atoms with Gasteiger partial charge in [-0.3, -0.25) is 4.79 Å². The highest BCUT2D eigenvalue weighted by molar-refractivity contribution is 6.09. The molecular weight excluding hydrogens is 234 g/mol. The van der Waals surface area contributed by atoms with Crippen molar-refractivity contribution in [1.82, 2.24) is 0 Å². The van der Waals surface area contributed by atoms with Crippen LogP contribution in [0.2, 0.25) is 0 Å². The van der Waals surface area contributed by atoms with Crippen molar-refractivity contribution in [3.05, 3.63) is 64.7 Å². The van der Waals surface area contributed by atoms with E-state index in [1.165, 1.54) is 0 Å². The van der Waals surface area contributed by atoms with E-state index in [1.54, 1.807) is 0 Å². The molecule has 0 heterocycles. The summed E-state index contributed by atoms with van der Waals surface area (Å²) in [5.74, 6) is 0.0792. The van der Waals surface area contributed by atoms with Crippen LogP contribution in [-0.4, -0.2) is 19.9 Å².